The number of rotatable bonds is 5. The van der Waals surface area contributed by atoms with E-state index in [2.05, 4.69) is 5.32 Å². The predicted octanol–water partition coefficient (Wildman–Crippen LogP) is 3.01. The van der Waals surface area contributed by atoms with E-state index in [-0.39, 0.29) is 11.4 Å². The number of benzene rings is 1. The maximum atomic E-state index is 13.3. The summed E-state index contributed by atoms with van der Waals surface area (Å²) in [6.45, 7) is 0.696. The minimum atomic E-state index is -0.958. The van der Waals surface area contributed by atoms with E-state index in [1.807, 2.05) is 0 Å². The first-order valence-corrected chi connectivity index (χ1v) is 6.34. The fourth-order valence-corrected chi connectivity index (χ4v) is 2.39. The van der Waals surface area contributed by atoms with Gasteiger partial charge in [-0.15, -0.1) is 11.3 Å². The van der Waals surface area contributed by atoms with Crippen LogP contribution in [0.15, 0.2) is 30.3 Å². The molecule has 2 aromatic rings. The summed E-state index contributed by atoms with van der Waals surface area (Å²) < 4.78 is 26.0. The summed E-state index contributed by atoms with van der Waals surface area (Å²) in [5, 5.41) is 11.8. The van der Waals surface area contributed by atoms with Crippen LogP contribution in [0, 0.1) is 11.6 Å². The Bertz CT molecular complexity index is 598. The molecule has 0 fully saturated rings. The Labute approximate surface area is 112 Å². The second kappa shape index (κ2) is 5.90. The smallest absolute Gasteiger partial charge is 0.345 e. The van der Waals surface area contributed by atoms with Crippen molar-refractivity contribution in [2.75, 3.05) is 0 Å². The molecule has 0 aliphatic rings. The van der Waals surface area contributed by atoms with Crippen molar-refractivity contribution in [3.05, 3.63) is 57.3 Å². The number of halogens is 2. The molecule has 19 heavy (non-hydrogen) atoms. The normalized spacial score (nSPS) is 10.6. The zero-order valence-corrected chi connectivity index (χ0v) is 10.6. The summed E-state index contributed by atoms with van der Waals surface area (Å²) in [7, 11) is 0. The highest BCUT2D eigenvalue weighted by Crippen LogP contribution is 2.16. The average Bonchev–Trinajstić information content (AvgIpc) is 2.81. The van der Waals surface area contributed by atoms with E-state index in [1.165, 1.54) is 29.5 Å². The lowest BCUT2D eigenvalue weighted by Gasteiger charge is -2.04. The Morgan fingerprint density at radius 1 is 1.21 bits per heavy atom. The zero-order valence-electron chi connectivity index (χ0n) is 9.82. The second-order valence-corrected chi connectivity index (χ2v) is 5.08. The zero-order chi connectivity index (χ0) is 13.8. The fourth-order valence-electron chi connectivity index (χ4n) is 1.57. The third-order valence-corrected chi connectivity index (χ3v) is 3.58. The van der Waals surface area contributed by atoms with Crippen LogP contribution < -0.4 is 5.32 Å². The maximum absolute atomic E-state index is 13.3. The van der Waals surface area contributed by atoms with E-state index in [4.69, 9.17) is 5.11 Å². The van der Waals surface area contributed by atoms with Crippen LogP contribution in [0.1, 0.15) is 20.1 Å². The van der Waals surface area contributed by atoms with Gasteiger partial charge in [0.15, 0.2) is 0 Å². The molecular formula is C13H11F2NO2S. The first-order chi connectivity index (χ1) is 9.06. The van der Waals surface area contributed by atoms with Crippen molar-refractivity contribution in [1.82, 2.24) is 5.32 Å². The molecule has 0 spiro atoms. The Hall–Kier alpha value is -1.79. The topological polar surface area (TPSA) is 49.3 Å². The number of aromatic carboxylic acids is 1. The lowest BCUT2D eigenvalue weighted by atomic mass is 10.2. The summed E-state index contributed by atoms with van der Waals surface area (Å²) in [4.78, 5) is 11.8. The highest BCUT2D eigenvalue weighted by molar-refractivity contribution is 7.13. The molecule has 0 saturated carbocycles. The molecule has 1 aromatic carbocycles. The van der Waals surface area contributed by atoms with Crippen LogP contribution in [0.3, 0.4) is 0 Å². The molecular weight excluding hydrogens is 272 g/mol. The molecule has 0 radical (unpaired) electrons. The van der Waals surface area contributed by atoms with Crippen LogP contribution in [-0.2, 0) is 13.1 Å². The summed E-state index contributed by atoms with van der Waals surface area (Å²) in [5.41, 5.74) is 0.372. The van der Waals surface area contributed by atoms with Crippen LogP contribution in [-0.4, -0.2) is 11.1 Å². The molecule has 0 atom stereocenters. The van der Waals surface area contributed by atoms with Crippen LogP contribution in [0.25, 0.3) is 0 Å². The molecule has 100 valence electrons. The molecule has 0 unspecified atom stereocenters. The highest BCUT2D eigenvalue weighted by atomic mass is 32.1. The van der Waals surface area contributed by atoms with Crippen molar-refractivity contribution in [3.63, 3.8) is 0 Å². The van der Waals surface area contributed by atoms with Crippen LogP contribution in [0.5, 0.6) is 0 Å². The van der Waals surface area contributed by atoms with Gasteiger partial charge in [0.2, 0.25) is 0 Å². The van der Waals surface area contributed by atoms with E-state index in [1.54, 1.807) is 6.07 Å². The number of hydrogen-bond acceptors (Lipinski definition) is 3. The summed E-state index contributed by atoms with van der Waals surface area (Å²) >= 11 is 1.17. The van der Waals surface area contributed by atoms with Gasteiger partial charge in [0.05, 0.1) is 0 Å². The predicted molar refractivity (Wildman–Crippen MR) is 68.2 cm³/mol. The quantitative estimate of drug-likeness (QED) is 0.886. The average molecular weight is 283 g/mol. The molecule has 0 amide bonds. The fraction of sp³-hybridized carbons (Fsp3) is 0.154. The Morgan fingerprint density at radius 3 is 2.63 bits per heavy atom. The number of carboxylic acid groups (broad SMARTS) is 1. The van der Waals surface area contributed by atoms with Crippen LogP contribution in [0.4, 0.5) is 8.78 Å². The van der Waals surface area contributed by atoms with Crippen molar-refractivity contribution in [3.8, 4) is 0 Å². The third kappa shape index (κ3) is 3.59. The second-order valence-electron chi connectivity index (χ2n) is 3.91. The van der Waals surface area contributed by atoms with Gasteiger partial charge >= 0.3 is 5.97 Å². The number of carboxylic acids is 1. The number of nitrogens with one attached hydrogen (secondary N) is 1. The van der Waals surface area contributed by atoms with Gasteiger partial charge < -0.3 is 10.4 Å². The van der Waals surface area contributed by atoms with E-state index < -0.39 is 17.6 Å². The van der Waals surface area contributed by atoms with Gasteiger partial charge in [-0.1, -0.05) is 6.07 Å². The lowest BCUT2D eigenvalue weighted by molar-refractivity contribution is 0.0702. The van der Waals surface area contributed by atoms with Crippen molar-refractivity contribution < 1.29 is 18.7 Å². The summed E-state index contributed by atoms with van der Waals surface area (Å²) in [6, 6.07) is 6.66. The Balaban J connectivity index is 1.90. The minimum Gasteiger partial charge on any atom is -0.477 e. The molecule has 1 aromatic heterocycles. The van der Waals surface area contributed by atoms with Gasteiger partial charge in [-0.05, 0) is 18.2 Å². The summed E-state index contributed by atoms with van der Waals surface area (Å²) in [6.07, 6.45) is 0. The SMILES string of the molecule is O=C(O)c1ccc(CNCc2ccc(F)cc2F)s1. The standard InChI is InChI=1S/C13H11F2NO2S/c14-9-2-1-8(11(15)5-9)6-16-7-10-3-4-12(19-10)13(17)18/h1-5,16H,6-7H2,(H,17,18). The molecule has 0 aliphatic heterocycles. The highest BCUT2D eigenvalue weighted by Gasteiger charge is 2.07. The molecule has 6 heteroatoms. The van der Waals surface area contributed by atoms with Crippen LogP contribution in [0.2, 0.25) is 0 Å². The number of carbonyl (C=O) groups is 1. The maximum Gasteiger partial charge on any atom is 0.345 e. The van der Waals surface area contributed by atoms with Gasteiger partial charge in [-0.3, -0.25) is 0 Å². The molecule has 0 aliphatic carbocycles. The Kier molecular flexibility index (Phi) is 4.24. The first kappa shape index (κ1) is 13.6. The third-order valence-electron chi connectivity index (χ3n) is 2.50. The van der Waals surface area contributed by atoms with Crippen molar-refractivity contribution >= 4 is 17.3 Å². The Morgan fingerprint density at radius 2 is 2.00 bits per heavy atom. The first-order valence-electron chi connectivity index (χ1n) is 5.53. The van der Waals surface area contributed by atoms with Gasteiger partial charge in [0, 0.05) is 29.6 Å². The van der Waals surface area contributed by atoms with E-state index in [0.29, 0.717) is 12.1 Å². The van der Waals surface area contributed by atoms with E-state index in [0.717, 1.165) is 10.9 Å². The largest absolute Gasteiger partial charge is 0.477 e. The van der Waals surface area contributed by atoms with Crippen molar-refractivity contribution in [1.29, 1.82) is 0 Å². The number of thiophene rings is 1. The van der Waals surface area contributed by atoms with Crippen molar-refractivity contribution in [2.24, 2.45) is 0 Å². The summed E-state index contributed by atoms with van der Waals surface area (Å²) in [5.74, 6) is -2.16. The molecule has 2 N–H and O–H groups in total. The molecule has 0 bridgehead atoms. The van der Waals surface area contributed by atoms with Gasteiger partial charge in [0.25, 0.3) is 0 Å². The number of hydrogen-bond donors (Lipinski definition) is 2. The van der Waals surface area contributed by atoms with Gasteiger partial charge in [-0.2, -0.15) is 0 Å². The van der Waals surface area contributed by atoms with E-state index >= 15 is 0 Å². The minimum absolute atomic E-state index is 0.256. The van der Waals surface area contributed by atoms with Crippen LogP contribution >= 0.6 is 11.3 Å². The van der Waals surface area contributed by atoms with Crippen molar-refractivity contribution in [2.45, 2.75) is 13.1 Å². The van der Waals surface area contributed by atoms with Gasteiger partial charge in [0.1, 0.15) is 16.5 Å². The molecule has 2 rings (SSSR count). The van der Waals surface area contributed by atoms with Gasteiger partial charge in [-0.25, -0.2) is 13.6 Å². The molecule has 1 heterocycles. The molecule has 0 saturated heterocycles. The molecule has 3 nitrogen and oxygen atoms in total. The monoisotopic (exact) mass is 283 g/mol. The van der Waals surface area contributed by atoms with E-state index in [9.17, 15) is 13.6 Å². The lowest BCUT2D eigenvalue weighted by Crippen LogP contribution is -2.13.